The van der Waals surface area contributed by atoms with Gasteiger partial charge in [-0.2, -0.15) is 0 Å². The summed E-state index contributed by atoms with van der Waals surface area (Å²) >= 11 is 11.8. The Labute approximate surface area is 131 Å². The first-order valence-electron chi connectivity index (χ1n) is 6.30. The van der Waals surface area contributed by atoms with Crippen molar-refractivity contribution in [2.75, 3.05) is 0 Å². The molecule has 0 bridgehead atoms. The number of benzene rings is 2. The van der Waals surface area contributed by atoms with Crippen LogP contribution in [0.2, 0.25) is 10.0 Å². The van der Waals surface area contributed by atoms with Gasteiger partial charge in [0.05, 0.1) is 22.2 Å². The highest BCUT2D eigenvalue weighted by Gasteiger charge is 2.09. The maximum absolute atomic E-state index is 9.49. The van der Waals surface area contributed by atoms with Gasteiger partial charge < -0.3 is 9.84 Å². The molecule has 3 rings (SSSR count). The molecule has 106 valence electrons. The van der Waals surface area contributed by atoms with E-state index in [-0.39, 0.29) is 6.61 Å². The molecule has 0 saturated heterocycles. The number of fused-ring (bicyclic) bond motifs is 1. The van der Waals surface area contributed by atoms with Gasteiger partial charge in [-0.3, -0.25) is 0 Å². The van der Waals surface area contributed by atoms with Crippen LogP contribution < -0.4 is 4.74 Å². The third-order valence-corrected chi connectivity index (χ3v) is 3.78. The molecule has 0 fully saturated rings. The lowest BCUT2D eigenvalue weighted by Gasteiger charge is -2.10. The van der Waals surface area contributed by atoms with Crippen LogP contribution in [0.4, 0.5) is 0 Å². The van der Waals surface area contributed by atoms with Gasteiger partial charge >= 0.3 is 0 Å². The first-order chi connectivity index (χ1) is 10.2. The van der Waals surface area contributed by atoms with E-state index in [9.17, 15) is 5.11 Å². The largest absolute Gasteiger partial charge is 0.439 e. The van der Waals surface area contributed by atoms with Crippen molar-refractivity contribution in [2.45, 2.75) is 6.61 Å². The van der Waals surface area contributed by atoms with E-state index in [2.05, 4.69) is 4.98 Å². The molecule has 0 unspecified atom stereocenters. The molecule has 0 atom stereocenters. The number of para-hydroxylation sites is 1. The van der Waals surface area contributed by atoms with Crippen LogP contribution in [0.1, 0.15) is 5.56 Å². The van der Waals surface area contributed by atoms with E-state index >= 15 is 0 Å². The van der Waals surface area contributed by atoms with E-state index in [4.69, 9.17) is 27.9 Å². The van der Waals surface area contributed by atoms with Crippen molar-refractivity contribution >= 4 is 34.1 Å². The zero-order valence-corrected chi connectivity index (χ0v) is 12.4. The molecular formula is C16H11Cl2NO2. The number of rotatable bonds is 3. The predicted octanol–water partition coefficient (Wildman–Crippen LogP) is 4.83. The lowest BCUT2D eigenvalue weighted by molar-refractivity contribution is 0.275. The van der Waals surface area contributed by atoms with Crippen LogP contribution in [0.5, 0.6) is 11.6 Å². The van der Waals surface area contributed by atoms with Crippen LogP contribution in [0.3, 0.4) is 0 Å². The van der Waals surface area contributed by atoms with E-state index in [1.165, 1.54) is 0 Å². The van der Waals surface area contributed by atoms with Crippen LogP contribution in [-0.4, -0.2) is 10.1 Å². The summed E-state index contributed by atoms with van der Waals surface area (Å²) < 4.78 is 5.73. The van der Waals surface area contributed by atoms with Gasteiger partial charge in [-0.25, -0.2) is 4.98 Å². The Bertz CT molecular complexity index is 805. The summed E-state index contributed by atoms with van der Waals surface area (Å²) in [5.74, 6) is 0.872. The topological polar surface area (TPSA) is 42.4 Å². The van der Waals surface area contributed by atoms with Crippen LogP contribution in [0.25, 0.3) is 10.9 Å². The smallest absolute Gasteiger partial charge is 0.225 e. The Morgan fingerprint density at radius 2 is 1.81 bits per heavy atom. The number of pyridine rings is 1. The van der Waals surface area contributed by atoms with Crippen molar-refractivity contribution in [3.8, 4) is 11.6 Å². The molecule has 1 heterocycles. The molecule has 0 saturated carbocycles. The summed E-state index contributed by atoms with van der Waals surface area (Å²) in [6.07, 6.45) is 0. The Morgan fingerprint density at radius 1 is 1.00 bits per heavy atom. The molecule has 21 heavy (non-hydrogen) atoms. The second-order valence-corrected chi connectivity index (χ2v) is 5.30. The fourth-order valence-corrected chi connectivity index (χ4v) is 2.28. The number of aromatic nitrogens is 1. The Kier molecular flexibility index (Phi) is 3.97. The van der Waals surface area contributed by atoms with E-state index in [1.54, 1.807) is 18.2 Å². The van der Waals surface area contributed by atoms with Gasteiger partial charge in [0.2, 0.25) is 5.88 Å². The van der Waals surface area contributed by atoms with Crippen LogP contribution >= 0.6 is 23.2 Å². The third kappa shape index (κ3) is 2.95. The van der Waals surface area contributed by atoms with Gasteiger partial charge in [-0.1, -0.05) is 41.4 Å². The number of hydrogen-bond donors (Lipinski definition) is 1. The van der Waals surface area contributed by atoms with Crippen molar-refractivity contribution in [2.24, 2.45) is 0 Å². The maximum atomic E-state index is 9.49. The van der Waals surface area contributed by atoms with Crippen molar-refractivity contribution in [3.05, 3.63) is 64.1 Å². The minimum absolute atomic E-state index is 0.158. The molecule has 0 amide bonds. The Morgan fingerprint density at radius 3 is 2.57 bits per heavy atom. The quantitative estimate of drug-likeness (QED) is 0.752. The van der Waals surface area contributed by atoms with Gasteiger partial charge in [0.15, 0.2) is 0 Å². The second kappa shape index (κ2) is 5.90. The second-order valence-electron chi connectivity index (χ2n) is 4.48. The monoisotopic (exact) mass is 319 g/mol. The minimum atomic E-state index is -0.158. The number of hydrogen-bond acceptors (Lipinski definition) is 3. The third-order valence-electron chi connectivity index (χ3n) is 3.04. The lowest BCUT2D eigenvalue weighted by atomic mass is 10.1. The number of aliphatic hydroxyl groups is 1. The zero-order valence-electron chi connectivity index (χ0n) is 10.9. The van der Waals surface area contributed by atoms with Crippen molar-refractivity contribution in [3.63, 3.8) is 0 Å². The van der Waals surface area contributed by atoms with E-state index < -0.39 is 0 Å². The molecule has 3 nitrogen and oxygen atoms in total. The minimum Gasteiger partial charge on any atom is -0.439 e. The molecule has 0 aliphatic heterocycles. The van der Waals surface area contributed by atoms with Crippen LogP contribution in [0, 0.1) is 0 Å². The number of ether oxygens (including phenoxy) is 1. The molecule has 0 radical (unpaired) electrons. The van der Waals surface area contributed by atoms with Gasteiger partial charge in [-0.05, 0) is 24.3 Å². The number of aliphatic hydroxyl groups excluding tert-OH is 1. The first kappa shape index (κ1) is 14.1. The Balaban J connectivity index is 2.04. The lowest BCUT2D eigenvalue weighted by Crippen LogP contribution is -1.96. The fraction of sp³-hybridized carbons (Fsp3) is 0.0625. The highest BCUT2D eigenvalue weighted by Crippen LogP contribution is 2.31. The summed E-state index contributed by atoms with van der Waals surface area (Å²) in [4.78, 5) is 4.44. The molecule has 0 spiro atoms. The Hall–Kier alpha value is -1.81. The average Bonchev–Trinajstić information content (AvgIpc) is 2.50. The first-order valence-corrected chi connectivity index (χ1v) is 7.05. The summed E-state index contributed by atoms with van der Waals surface area (Å²) in [5.41, 5.74) is 1.41. The highest BCUT2D eigenvalue weighted by atomic mass is 35.5. The molecule has 1 aromatic heterocycles. The summed E-state index contributed by atoms with van der Waals surface area (Å²) in [5, 5.41) is 11.3. The summed E-state index contributed by atoms with van der Waals surface area (Å²) in [6.45, 7) is -0.158. The average molecular weight is 320 g/mol. The van der Waals surface area contributed by atoms with Gasteiger partial charge in [-0.15, -0.1) is 0 Å². The van der Waals surface area contributed by atoms with E-state index in [1.807, 2.05) is 30.3 Å². The summed E-state index contributed by atoms with van der Waals surface area (Å²) in [7, 11) is 0. The van der Waals surface area contributed by atoms with Crippen molar-refractivity contribution in [1.82, 2.24) is 4.98 Å². The predicted molar refractivity (Wildman–Crippen MR) is 84.2 cm³/mol. The fourth-order valence-electron chi connectivity index (χ4n) is 2.00. The van der Waals surface area contributed by atoms with Gasteiger partial charge in [0.25, 0.3) is 0 Å². The molecule has 2 aromatic carbocycles. The normalized spacial score (nSPS) is 10.8. The molecule has 3 aromatic rings. The van der Waals surface area contributed by atoms with Crippen LogP contribution in [0.15, 0.2) is 48.5 Å². The molecule has 0 aliphatic rings. The van der Waals surface area contributed by atoms with Gasteiger partial charge in [0.1, 0.15) is 5.75 Å². The van der Waals surface area contributed by atoms with E-state index in [0.29, 0.717) is 27.2 Å². The zero-order chi connectivity index (χ0) is 14.8. The maximum Gasteiger partial charge on any atom is 0.225 e. The van der Waals surface area contributed by atoms with Crippen molar-refractivity contribution < 1.29 is 9.84 Å². The number of nitrogens with zero attached hydrogens (tertiary/aromatic N) is 1. The molecular weight excluding hydrogens is 309 g/mol. The van der Waals surface area contributed by atoms with E-state index in [0.717, 1.165) is 10.9 Å². The highest BCUT2D eigenvalue weighted by molar-refractivity contribution is 6.42. The van der Waals surface area contributed by atoms with Gasteiger partial charge in [0, 0.05) is 17.0 Å². The summed E-state index contributed by atoms with van der Waals surface area (Å²) in [6, 6.07) is 14.5. The SMILES string of the molecule is OCc1cc2ccccc2nc1Oc1ccc(Cl)c(Cl)c1. The molecule has 0 aliphatic carbocycles. The standard InChI is InChI=1S/C16H11Cl2NO2/c17-13-6-5-12(8-14(13)18)21-16-11(9-20)7-10-3-1-2-4-15(10)19-16/h1-8,20H,9H2. The van der Waals surface area contributed by atoms with Crippen LogP contribution in [-0.2, 0) is 6.61 Å². The molecule has 5 heteroatoms. The molecule has 1 N–H and O–H groups in total. The number of halogens is 2. The van der Waals surface area contributed by atoms with Crippen molar-refractivity contribution in [1.29, 1.82) is 0 Å².